The predicted molar refractivity (Wildman–Crippen MR) is 93.9 cm³/mol. The van der Waals surface area contributed by atoms with Crippen LogP contribution in [0.25, 0.3) is 0 Å². The Bertz CT molecular complexity index is 859. The van der Waals surface area contributed by atoms with E-state index in [9.17, 15) is 13.2 Å². The Morgan fingerprint density at radius 3 is 2.56 bits per heavy atom. The summed E-state index contributed by atoms with van der Waals surface area (Å²) < 4.78 is 25.1. The van der Waals surface area contributed by atoms with Crippen molar-refractivity contribution in [3.63, 3.8) is 0 Å². The number of hydrogen-bond donors (Lipinski definition) is 1. The highest BCUT2D eigenvalue weighted by Gasteiger charge is 2.18. The lowest BCUT2D eigenvalue weighted by molar-refractivity contribution is -0.116. The van der Waals surface area contributed by atoms with E-state index in [1.165, 1.54) is 4.31 Å². The molecule has 130 valence electrons. The third-order valence-corrected chi connectivity index (χ3v) is 4.69. The minimum atomic E-state index is -3.45. The molecule has 1 heterocycles. The third kappa shape index (κ3) is 5.99. The molecule has 2 rings (SSSR count). The number of nitrogens with one attached hydrogen (secondary N) is 1. The number of amides is 1. The molecule has 2 aromatic rings. The van der Waals surface area contributed by atoms with Gasteiger partial charge in [-0.15, -0.1) is 0 Å². The van der Waals surface area contributed by atoms with Crippen LogP contribution in [0.3, 0.4) is 0 Å². The van der Waals surface area contributed by atoms with Gasteiger partial charge in [-0.25, -0.2) is 8.42 Å². The van der Waals surface area contributed by atoms with Crippen LogP contribution in [-0.4, -0.2) is 36.4 Å². The lowest BCUT2D eigenvalue weighted by atomic mass is 10.2. The number of hydrogen-bond acceptors (Lipinski definition) is 5. The minimum absolute atomic E-state index is 0.0212. The van der Waals surface area contributed by atoms with Crippen molar-refractivity contribution >= 4 is 21.6 Å². The van der Waals surface area contributed by atoms with Gasteiger partial charge in [-0.05, 0) is 35.9 Å². The zero-order valence-corrected chi connectivity index (χ0v) is 14.5. The molecule has 0 aliphatic carbocycles. The van der Waals surface area contributed by atoms with Gasteiger partial charge in [0.15, 0.2) is 0 Å². The van der Waals surface area contributed by atoms with Crippen LogP contribution in [0.1, 0.15) is 17.5 Å². The van der Waals surface area contributed by atoms with Gasteiger partial charge in [0.2, 0.25) is 15.9 Å². The Morgan fingerprint density at radius 1 is 1.28 bits per heavy atom. The molecule has 7 nitrogen and oxygen atoms in total. The van der Waals surface area contributed by atoms with Gasteiger partial charge in [-0.2, -0.15) is 9.57 Å². The molecule has 0 spiro atoms. The standard InChI is InChI=1S/C17H18N4O3S/c1-25(23,24)21(13-15-3-2-9-19-12-15)10-8-17(22)20-16-6-4-14(11-18)5-7-16/h2-7,9,12H,8,10,13H2,1H3,(H,20,22). The predicted octanol–water partition coefficient (Wildman–Crippen LogP) is 1.74. The highest BCUT2D eigenvalue weighted by atomic mass is 32.2. The SMILES string of the molecule is CS(=O)(=O)N(CCC(=O)Nc1ccc(C#N)cc1)Cc1cccnc1. The molecule has 1 aromatic heterocycles. The number of nitriles is 1. The summed E-state index contributed by atoms with van der Waals surface area (Å²) >= 11 is 0. The van der Waals surface area contributed by atoms with Crippen molar-refractivity contribution in [3.8, 4) is 6.07 Å². The number of anilines is 1. The fourth-order valence-electron chi connectivity index (χ4n) is 2.14. The van der Waals surface area contributed by atoms with Gasteiger partial charge >= 0.3 is 0 Å². The van der Waals surface area contributed by atoms with Gasteiger partial charge in [-0.3, -0.25) is 9.78 Å². The van der Waals surface area contributed by atoms with Crippen LogP contribution in [0, 0.1) is 11.3 Å². The highest BCUT2D eigenvalue weighted by molar-refractivity contribution is 7.88. The number of rotatable bonds is 7. The summed E-state index contributed by atoms with van der Waals surface area (Å²) in [6, 6.07) is 12.0. The van der Waals surface area contributed by atoms with Gasteiger partial charge in [0.1, 0.15) is 0 Å². The largest absolute Gasteiger partial charge is 0.326 e. The first-order chi connectivity index (χ1) is 11.9. The number of nitrogens with zero attached hydrogens (tertiary/aromatic N) is 3. The van der Waals surface area contributed by atoms with Crippen molar-refractivity contribution < 1.29 is 13.2 Å². The lowest BCUT2D eigenvalue weighted by Crippen LogP contribution is -2.32. The summed E-state index contributed by atoms with van der Waals surface area (Å²) in [6.45, 7) is 0.229. The number of carbonyl (C=O) groups is 1. The number of aromatic nitrogens is 1. The molecule has 0 aliphatic heterocycles. The van der Waals surface area contributed by atoms with Crippen LogP contribution in [0.5, 0.6) is 0 Å². The van der Waals surface area contributed by atoms with E-state index in [4.69, 9.17) is 5.26 Å². The second-order valence-corrected chi connectivity index (χ2v) is 7.43. The van der Waals surface area contributed by atoms with E-state index in [0.717, 1.165) is 11.8 Å². The fraction of sp³-hybridized carbons (Fsp3) is 0.235. The van der Waals surface area contributed by atoms with Gasteiger partial charge in [0, 0.05) is 37.6 Å². The molecule has 0 bridgehead atoms. The summed E-state index contributed by atoms with van der Waals surface area (Å²) in [5, 5.41) is 11.4. The first kappa shape index (κ1) is 18.6. The van der Waals surface area contributed by atoms with Gasteiger partial charge in [-0.1, -0.05) is 6.07 Å². The topological polar surface area (TPSA) is 103 Å². The Morgan fingerprint density at radius 2 is 2.00 bits per heavy atom. The molecule has 0 aliphatic rings. The number of sulfonamides is 1. The average Bonchev–Trinajstić information content (AvgIpc) is 2.59. The van der Waals surface area contributed by atoms with Crippen LogP contribution in [-0.2, 0) is 21.4 Å². The van der Waals surface area contributed by atoms with Crippen LogP contribution < -0.4 is 5.32 Å². The average molecular weight is 358 g/mol. The second-order valence-electron chi connectivity index (χ2n) is 5.45. The van der Waals surface area contributed by atoms with E-state index in [0.29, 0.717) is 11.3 Å². The molecule has 0 saturated heterocycles. The molecule has 0 atom stereocenters. The maximum atomic E-state index is 12.0. The Balaban J connectivity index is 1.95. The zero-order valence-electron chi connectivity index (χ0n) is 13.7. The first-order valence-electron chi connectivity index (χ1n) is 7.52. The fourth-order valence-corrected chi connectivity index (χ4v) is 2.94. The van der Waals surface area contributed by atoms with E-state index in [2.05, 4.69) is 10.3 Å². The van der Waals surface area contributed by atoms with Crippen LogP contribution in [0.15, 0.2) is 48.8 Å². The molecule has 0 radical (unpaired) electrons. The maximum Gasteiger partial charge on any atom is 0.225 e. The summed E-state index contributed by atoms with van der Waals surface area (Å²) in [4.78, 5) is 16.0. The molecule has 0 fully saturated rings. The molecule has 0 saturated carbocycles. The molecule has 1 N–H and O–H groups in total. The molecule has 1 aromatic carbocycles. The first-order valence-corrected chi connectivity index (χ1v) is 9.37. The van der Waals surface area contributed by atoms with Gasteiger partial charge < -0.3 is 5.32 Å². The van der Waals surface area contributed by atoms with E-state index < -0.39 is 10.0 Å². The second kappa shape index (κ2) is 8.37. The molecule has 1 amide bonds. The summed E-state index contributed by atoms with van der Waals surface area (Å²) in [5.41, 5.74) is 1.81. The quantitative estimate of drug-likeness (QED) is 0.812. The summed E-state index contributed by atoms with van der Waals surface area (Å²) in [6.07, 6.45) is 4.34. The van der Waals surface area contributed by atoms with Crippen LogP contribution in [0.4, 0.5) is 5.69 Å². The molecule has 0 unspecified atom stereocenters. The lowest BCUT2D eigenvalue weighted by Gasteiger charge is -2.19. The molecular weight excluding hydrogens is 340 g/mol. The van der Waals surface area contributed by atoms with Gasteiger partial charge in [0.25, 0.3) is 0 Å². The van der Waals surface area contributed by atoms with E-state index >= 15 is 0 Å². The van der Waals surface area contributed by atoms with Crippen LogP contribution in [0.2, 0.25) is 0 Å². The summed E-state index contributed by atoms with van der Waals surface area (Å²) in [5.74, 6) is -0.301. The third-order valence-electron chi connectivity index (χ3n) is 3.44. The van der Waals surface area contributed by atoms with E-state index in [1.54, 1.807) is 48.8 Å². The molecular formula is C17H18N4O3S. The van der Waals surface area contributed by atoms with E-state index in [-0.39, 0.29) is 25.4 Å². The Labute approximate surface area is 147 Å². The summed E-state index contributed by atoms with van der Waals surface area (Å²) in [7, 11) is -3.45. The van der Waals surface area contributed by atoms with Crippen LogP contribution >= 0.6 is 0 Å². The van der Waals surface area contributed by atoms with Crippen molar-refractivity contribution in [3.05, 3.63) is 59.9 Å². The number of carbonyl (C=O) groups excluding carboxylic acids is 1. The highest BCUT2D eigenvalue weighted by Crippen LogP contribution is 2.11. The number of pyridine rings is 1. The molecule has 8 heteroatoms. The van der Waals surface area contributed by atoms with Crippen molar-refractivity contribution in [1.82, 2.24) is 9.29 Å². The molecule has 25 heavy (non-hydrogen) atoms. The monoisotopic (exact) mass is 358 g/mol. The smallest absolute Gasteiger partial charge is 0.225 e. The Hall–Kier alpha value is -2.76. The normalized spacial score (nSPS) is 11.1. The zero-order chi connectivity index (χ0) is 18.3. The van der Waals surface area contributed by atoms with Gasteiger partial charge in [0.05, 0.1) is 17.9 Å². The number of benzene rings is 1. The van der Waals surface area contributed by atoms with Crippen molar-refractivity contribution in [2.75, 3.05) is 18.1 Å². The van der Waals surface area contributed by atoms with Crippen molar-refractivity contribution in [2.24, 2.45) is 0 Å². The maximum absolute atomic E-state index is 12.0. The van der Waals surface area contributed by atoms with Crippen molar-refractivity contribution in [1.29, 1.82) is 5.26 Å². The van der Waals surface area contributed by atoms with Crippen molar-refractivity contribution in [2.45, 2.75) is 13.0 Å². The minimum Gasteiger partial charge on any atom is -0.326 e. The van der Waals surface area contributed by atoms with E-state index in [1.807, 2.05) is 6.07 Å². The Kier molecular flexibility index (Phi) is 6.22.